The van der Waals surface area contributed by atoms with E-state index in [9.17, 15) is 36.5 Å². The van der Waals surface area contributed by atoms with E-state index >= 15 is 0 Å². The number of benzene rings is 1. The molecule has 1 aromatic carbocycles. The Morgan fingerprint density at radius 3 is 2.33 bits per heavy atom. The molecule has 21 heavy (non-hydrogen) atoms. The molecule has 5 nitrogen and oxygen atoms in total. The first-order valence-corrected chi connectivity index (χ1v) is 5.26. The highest BCUT2D eigenvalue weighted by Gasteiger charge is 2.61. The number of fused-ring (bicyclic) bond motifs is 1. The largest absolute Gasteiger partial charge is 0.461 e. The van der Waals surface area contributed by atoms with E-state index in [-0.39, 0.29) is 5.56 Å². The fourth-order valence-corrected chi connectivity index (χ4v) is 1.66. The Hall–Kier alpha value is -2.33. The number of nitrogens with zero attached hydrogens (tertiary/aromatic N) is 2. The van der Waals surface area contributed by atoms with Crippen LogP contribution in [0.5, 0.6) is 0 Å². The van der Waals surface area contributed by atoms with Gasteiger partial charge >= 0.3 is 12.1 Å². The van der Waals surface area contributed by atoms with E-state index in [0.717, 1.165) is 12.1 Å². The maximum absolute atomic E-state index is 13.2. The molecule has 0 aliphatic carbocycles. The minimum absolute atomic E-state index is 0.250. The Morgan fingerprint density at radius 2 is 1.86 bits per heavy atom. The van der Waals surface area contributed by atoms with Crippen LogP contribution in [0.3, 0.4) is 0 Å². The highest BCUT2D eigenvalue weighted by atomic mass is 19.4. The van der Waals surface area contributed by atoms with Crippen LogP contribution < -0.4 is 0 Å². The molecule has 1 heterocycles. The van der Waals surface area contributed by atoms with Crippen molar-refractivity contribution in [1.82, 2.24) is 9.97 Å². The van der Waals surface area contributed by atoms with E-state index in [0.29, 0.717) is 0 Å². The standard InChI is InChI=1S/C10H5F6N3O2/c11-3-4-1-5-7(6(2-4)19(20)21)18-8(17-5)9(12,13)10(14,15)16/h1-2H,3H2,(H,17,18). The smallest absolute Gasteiger partial charge is 0.336 e. The fourth-order valence-electron chi connectivity index (χ4n) is 1.66. The summed E-state index contributed by atoms with van der Waals surface area (Å²) in [5, 5.41) is 10.8. The van der Waals surface area contributed by atoms with E-state index in [1.807, 2.05) is 0 Å². The Balaban J connectivity index is 2.72. The first-order valence-electron chi connectivity index (χ1n) is 5.26. The van der Waals surface area contributed by atoms with Gasteiger partial charge in [0.05, 0.1) is 10.4 Å². The molecule has 0 amide bonds. The van der Waals surface area contributed by atoms with E-state index in [2.05, 4.69) is 4.98 Å². The molecule has 2 rings (SSSR count). The molecule has 11 heteroatoms. The number of aromatic amines is 1. The molecule has 1 aromatic heterocycles. The summed E-state index contributed by atoms with van der Waals surface area (Å²) in [5.41, 5.74) is -2.28. The molecule has 0 aliphatic heterocycles. The Kier molecular flexibility index (Phi) is 3.30. The highest BCUT2D eigenvalue weighted by Crippen LogP contribution is 2.43. The number of nitro benzene ring substituents is 1. The van der Waals surface area contributed by atoms with Gasteiger partial charge in [0.1, 0.15) is 6.67 Å². The molecular weight excluding hydrogens is 308 g/mol. The number of hydrogen-bond donors (Lipinski definition) is 1. The van der Waals surface area contributed by atoms with Gasteiger partial charge in [-0.15, -0.1) is 0 Å². The number of halogens is 6. The van der Waals surface area contributed by atoms with Gasteiger partial charge in [0.25, 0.3) is 5.69 Å². The minimum Gasteiger partial charge on any atom is -0.336 e. The monoisotopic (exact) mass is 313 g/mol. The van der Waals surface area contributed by atoms with Crippen molar-refractivity contribution >= 4 is 16.7 Å². The minimum atomic E-state index is -5.92. The van der Waals surface area contributed by atoms with Crippen molar-refractivity contribution in [3.63, 3.8) is 0 Å². The third kappa shape index (κ3) is 2.38. The van der Waals surface area contributed by atoms with Crippen LogP contribution in [-0.4, -0.2) is 21.1 Å². The molecule has 0 saturated carbocycles. The van der Waals surface area contributed by atoms with Gasteiger partial charge < -0.3 is 4.98 Å². The number of H-pyrrole nitrogens is 1. The van der Waals surface area contributed by atoms with Crippen molar-refractivity contribution in [2.24, 2.45) is 0 Å². The number of imidazole rings is 1. The number of rotatable bonds is 3. The van der Waals surface area contributed by atoms with Gasteiger partial charge in [0.15, 0.2) is 11.3 Å². The van der Waals surface area contributed by atoms with Gasteiger partial charge in [0.2, 0.25) is 0 Å². The first-order chi connectivity index (χ1) is 9.57. The molecule has 114 valence electrons. The van der Waals surface area contributed by atoms with Gasteiger partial charge in [-0.3, -0.25) is 10.1 Å². The average molecular weight is 313 g/mol. The Labute approximate surface area is 111 Å². The molecule has 0 saturated heterocycles. The fraction of sp³-hybridized carbons (Fsp3) is 0.300. The third-order valence-electron chi connectivity index (χ3n) is 2.63. The summed E-state index contributed by atoms with van der Waals surface area (Å²) in [7, 11) is 0. The van der Waals surface area contributed by atoms with Gasteiger partial charge in [0, 0.05) is 6.07 Å². The molecule has 0 spiro atoms. The number of non-ortho nitro benzene ring substituents is 1. The number of aromatic nitrogens is 2. The summed E-state index contributed by atoms with van der Waals surface area (Å²) in [4.78, 5) is 14.3. The zero-order valence-electron chi connectivity index (χ0n) is 9.84. The lowest BCUT2D eigenvalue weighted by molar-refractivity contribution is -0.383. The summed E-state index contributed by atoms with van der Waals surface area (Å²) >= 11 is 0. The van der Waals surface area contributed by atoms with Crippen molar-refractivity contribution in [3.8, 4) is 0 Å². The molecule has 0 unspecified atom stereocenters. The van der Waals surface area contributed by atoms with Crippen LogP contribution in [0.15, 0.2) is 12.1 Å². The lowest BCUT2D eigenvalue weighted by Crippen LogP contribution is -2.34. The van der Waals surface area contributed by atoms with Crippen LogP contribution >= 0.6 is 0 Å². The van der Waals surface area contributed by atoms with E-state index in [1.54, 1.807) is 4.98 Å². The summed E-state index contributed by atoms with van der Waals surface area (Å²) < 4.78 is 75.6. The van der Waals surface area contributed by atoms with Gasteiger partial charge in [-0.25, -0.2) is 9.37 Å². The van der Waals surface area contributed by atoms with Crippen LogP contribution in [0.2, 0.25) is 0 Å². The van der Waals surface area contributed by atoms with Gasteiger partial charge in [-0.2, -0.15) is 22.0 Å². The summed E-state index contributed by atoms with van der Waals surface area (Å²) in [6, 6.07) is 1.60. The first kappa shape index (κ1) is 15.1. The molecule has 0 radical (unpaired) electrons. The van der Waals surface area contributed by atoms with Crippen LogP contribution in [0.4, 0.5) is 32.0 Å². The lowest BCUT2D eigenvalue weighted by atomic mass is 10.2. The molecule has 0 atom stereocenters. The summed E-state index contributed by atoms with van der Waals surface area (Å²) in [6.45, 7) is -1.15. The highest BCUT2D eigenvalue weighted by molar-refractivity contribution is 5.85. The zero-order valence-corrected chi connectivity index (χ0v) is 9.84. The van der Waals surface area contributed by atoms with E-state index in [4.69, 9.17) is 0 Å². The number of alkyl halides is 6. The third-order valence-corrected chi connectivity index (χ3v) is 2.63. The van der Waals surface area contributed by atoms with Crippen LogP contribution in [-0.2, 0) is 12.6 Å². The number of nitro groups is 1. The predicted octanol–water partition coefficient (Wildman–Crippen LogP) is 3.59. The maximum atomic E-state index is 13.2. The van der Waals surface area contributed by atoms with Crippen molar-refractivity contribution in [3.05, 3.63) is 33.6 Å². The predicted molar refractivity (Wildman–Crippen MR) is 57.5 cm³/mol. The van der Waals surface area contributed by atoms with E-state index < -0.39 is 46.2 Å². The molecule has 1 N–H and O–H groups in total. The molecule has 0 bridgehead atoms. The van der Waals surface area contributed by atoms with Crippen LogP contribution in [0.25, 0.3) is 11.0 Å². The van der Waals surface area contributed by atoms with Crippen LogP contribution in [0.1, 0.15) is 11.4 Å². The second-order valence-electron chi connectivity index (χ2n) is 4.06. The summed E-state index contributed by atoms with van der Waals surface area (Å²) in [6.07, 6.45) is -5.92. The number of nitrogens with one attached hydrogen (secondary N) is 1. The topological polar surface area (TPSA) is 71.8 Å². The molecule has 0 fully saturated rings. The average Bonchev–Trinajstić information content (AvgIpc) is 2.79. The van der Waals surface area contributed by atoms with Crippen molar-refractivity contribution in [2.75, 3.05) is 0 Å². The lowest BCUT2D eigenvalue weighted by Gasteiger charge is -2.16. The van der Waals surface area contributed by atoms with Crippen molar-refractivity contribution in [2.45, 2.75) is 18.8 Å². The van der Waals surface area contributed by atoms with E-state index in [1.165, 1.54) is 0 Å². The van der Waals surface area contributed by atoms with Gasteiger partial charge in [-0.1, -0.05) is 0 Å². The zero-order chi connectivity index (χ0) is 16.0. The SMILES string of the molecule is O=[N+]([O-])c1cc(CF)cc2[nH]c(C(F)(F)C(F)(F)F)nc12. The Bertz CT molecular complexity index is 709. The number of hydrogen-bond acceptors (Lipinski definition) is 3. The molecule has 0 aliphatic rings. The second-order valence-corrected chi connectivity index (χ2v) is 4.06. The Morgan fingerprint density at radius 1 is 1.24 bits per heavy atom. The van der Waals surface area contributed by atoms with Crippen LogP contribution in [0, 0.1) is 10.1 Å². The normalized spacial score (nSPS) is 12.9. The van der Waals surface area contributed by atoms with Crippen molar-refractivity contribution < 1.29 is 31.3 Å². The second kappa shape index (κ2) is 4.60. The summed E-state index contributed by atoms with van der Waals surface area (Å²) in [5.74, 6) is -7.10. The van der Waals surface area contributed by atoms with Crippen molar-refractivity contribution in [1.29, 1.82) is 0 Å². The van der Waals surface area contributed by atoms with Gasteiger partial charge in [-0.05, 0) is 11.6 Å². The maximum Gasteiger partial charge on any atom is 0.461 e. The molecule has 2 aromatic rings. The molecular formula is C10H5F6N3O2. The quantitative estimate of drug-likeness (QED) is 0.534.